The van der Waals surface area contributed by atoms with Gasteiger partial charge < -0.3 is 20.1 Å². The normalized spacial score (nSPS) is 23.2. The summed E-state index contributed by atoms with van der Waals surface area (Å²) in [5.74, 6) is 0.361. The lowest BCUT2D eigenvalue weighted by Gasteiger charge is -2.25. The first-order valence-electron chi connectivity index (χ1n) is 6.43. The number of aliphatic hydroxyl groups excluding tert-OH is 1. The molecule has 5 nitrogen and oxygen atoms in total. The molecule has 1 aliphatic heterocycles. The number of hydrogen-bond donors (Lipinski definition) is 2. The molecular weight excluding hydrogens is 232 g/mol. The summed E-state index contributed by atoms with van der Waals surface area (Å²) in [6, 6.07) is -0.168. The summed E-state index contributed by atoms with van der Waals surface area (Å²) >= 11 is 0. The third-order valence-electron chi connectivity index (χ3n) is 3.20. The van der Waals surface area contributed by atoms with Crippen molar-refractivity contribution in [2.24, 2.45) is 5.92 Å². The predicted molar refractivity (Wildman–Crippen MR) is 70.4 cm³/mol. The standard InChI is InChI=1S/C13H24N2O3/c1-10(2)9-18-7-5-14-13(17)15-6-4-11(3)12(15)8-16/h11-12,16H,1,4-9H2,2-3H3,(H,14,17)/t11-,12-/m1/s1. The highest BCUT2D eigenvalue weighted by molar-refractivity contribution is 5.74. The number of urea groups is 1. The molecule has 0 bridgehead atoms. The molecule has 5 heteroatoms. The monoisotopic (exact) mass is 256 g/mol. The topological polar surface area (TPSA) is 61.8 Å². The summed E-state index contributed by atoms with van der Waals surface area (Å²) in [5.41, 5.74) is 0.968. The highest BCUT2D eigenvalue weighted by Crippen LogP contribution is 2.23. The maximum Gasteiger partial charge on any atom is 0.317 e. The van der Waals surface area contributed by atoms with Crippen molar-refractivity contribution >= 4 is 6.03 Å². The van der Waals surface area contributed by atoms with Gasteiger partial charge in [-0.2, -0.15) is 0 Å². The number of nitrogens with zero attached hydrogens (tertiary/aromatic N) is 1. The van der Waals surface area contributed by atoms with Gasteiger partial charge in [-0.05, 0) is 19.3 Å². The summed E-state index contributed by atoms with van der Waals surface area (Å²) in [4.78, 5) is 13.6. The smallest absolute Gasteiger partial charge is 0.317 e. The van der Waals surface area contributed by atoms with E-state index in [2.05, 4.69) is 18.8 Å². The third kappa shape index (κ3) is 4.31. The molecule has 18 heavy (non-hydrogen) atoms. The van der Waals surface area contributed by atoms with Gasteiger partial charge >= 0.3 is 6.03 Å². The largest absolute Gasteiger partial charge is 0.394 e. The number of aliphatic hydroxyl groups is 1. The second-order valence-corrected chi connectivity index (χ2v) is 4.95. The van der Waals surface area contributed by atoms with E-state index in [0.29, 0.717) is 32.2 Å². The molecule has 1 rings (SSSR count). The van der Waals surface area contributed by atoms with Crippen molar-refractivity contribution < 1.29 is 14.6 Å². The summed E-state index contributed by atoms with van der Waals surface area (Å²) in [6.07, 6.45) is 0.949. The Morgan fingerprint density at radius 2 is 2.33 bits per heavy atom. The molecule has 0 aliphatic carbocycles. The first-order chi connectivity index (χ1) is 8.56. The third-order valence-corrected chi connectivity index (χ3v) is 3.20. The molecule has 0 unspecified atom stereocenters. The molecular formula is C13H24N2O3. The Kier molecular flexibility index (Phi) is 6.15. The molecule has 0 aromatic rings. The van der Waals surface area contributed by atoms with Crippen molar-refractivity contribution in [3.05, 3.63) is 12.2 Å². The van der Waals surface area contributed by atoms with Crippen LogP contribution in [0, 0.1) is 5.92 Å². The maximum atomic E-state index is 11.9. The lowest BCUT2D eigenvalue weighted by Crippen LogP contribution is -2.46. The Hall–Kier alpha value is -1.07. The van der Waals surface area contributed by atoms with Gasteiger partial charge in [0.05, 0.1) is 25.9 Å². The molecule has 0 saturated carbocycles. The van der Waals surface area contributed by atoms with Crippen LogP contribution < -0.4 is 5.32 Å². The van der Waals surface area contributed by atoms with E-state index in [4.69, 9.17) is 4.74 Å². The quantitative estimate of drug-likeness (QED) is 0.550. The van der Waals surface area contributed by atoms with E-state index < -0.39 is 0 Å². The molecule has 0 spiro atoms. The van der Waals surface area contributed by atoms with Crippen molar-refractivity contribution in [3.8, 4) is 0 Å². The van der Waals surface area contributed by atoms with Gasteiger partial charge in [-0.1, -0.05) is 19.1 Å². The number of hydrogen-bond acceptors (Lipinski definition) is 3. The zero-order chi connectivity index (χ0) is 13.5. The number of carbonyl (C=O) groups excluding carboxylic acids is 1. The lowest BCUT2D eigenvalue weighted by atomic mass is 10.0. The van der Waals surface area contributed by atoms with Gasteiger partial charge in [0.25, 0.3) is 0 Å². The van der Waals surface area contributed by atoms with Crippen LogP contribution in [0.3, 0.4) is 0 Å². The molecule has 1 saturated heterocycles. The van der Waals surface area contributed by atoms with E-state index in [1.54, 1.807) is 4.90 Å². The summed E-state index contributed by atoms with van der Waals surface area (Å²) in [6.45, 7) is 9.91. The van der Waals surface area contributed by atoms with E-state index >= 15 is 0 Å². The second kappa shape index (κ2) is 7.38. The number of carbonyl (C=O) groups is 1. The van der Waals surface area contributed by atoms with E-state index in [-0.39, 0.29) is 18.7 Å². The molecule has 0 radical (unpaired) electrons. The van der Waals surface area contributed by atoms with E-state index in [1.165, 1.54) is 0 Å². The van der Waals surface area contributed by atoms with E-state index in [0.717, 1.165) is 12.0 Å². The summed E-state index contributed by atoms with van der Waals surface area (Å²) in [5, 5.41) is 12.1. The number of nitrogens with one attached hydrogen (secondary N) is 1. The van der Waals surface area contributed by atoms with Gasteiger partial charge in [0.2, 0.25) is 0 Å². The van der Waals surface area contributed by atoms with Crippen LogP contribution in [0.2, 0.25) is 0 Å². The molecule has 1 aliphatic rings. The average Bonchev–Trinajstić information content (AvgIpc) is 2.69. The van der Waals surface area contributed by atoms with Crippen LogP contribution >= 0.6 is 0 Å². The van der Waals surface area contributed by atoms with Crippen molar-refractivity contribution in [1.82, 2.24) is 10.2 Å². The first kappa shape index (κ1) is 15.0. The van der Waals surface area contributed by atoms with Gasteiger partial charge in [0, 0.05) is 13.1 Å². The Bertz CT molecular complexity index is 294. The van der Waals surface area contributed by atoms with Crippen molar-refractivity contribution in [1.29, 1.82) is 0 Å². The van der Waals surface area contributed by atoms with E-state index in [1.807, 2.05) is 6.92 Å². The fraction of sp³-hybridized carbons (Fsp3) is 0.769. The van der Waals surface area contributed by atoms with Crippen LogP contribution in [0.15, 0.2) is 12.2 Å². The molecule has 0 aromatic heterocycles. The number of amides is 2. The molecule has 2 N–H and O–H groups in total. The lowest BCUT2D eigenvalue weighted by molar-refractivity contribution is 0.134. The van der Waals surface area contributed by atoms with Gasteiger partial charge in [0.1, 0.15) is 0 Å². The highest BCUT2D eigenvalue weighted by Gasteiger charge is 2.33. The van der Waals surface area contributed by atoms with Gasteiger partial charge in [-0.25, -0.2) is 4.79 Å². The van der Waals surface area contributed by atoms with Gasteiger partial charge in [-0.15, -0.1) is 0 Å². The van der Waals surface area contributed by atoms with Crippen molar-refractivity contribution in [2.45, 2.75) is 26.3 Å². The van der Waals surface area contributed by atoms with Crippen molar-refractivity contribution in [2.75, 3.05) is 32.9 Å². The molecule has 2 atom stereocenters. The van der Waals surface area contributed by atoms with Crippen LogP contribution in [0.1, 0.15) is 20.3 Å². The molecule has 2 amide bonds. The molecule has 0 aromatic carbocycles. The zero-order valence-corrected chi connectivity index (χ0v) is 11.3. The van der Waals surface area contributed by atoms with E-state index in [9.17, 15) is 9.90 Å². The van der Waals surface area contributed by atoms with Crippen LogP contribution in [0.25, 0.3) is 0 Å². The minimum atomic E-state index is -0.114. The molecule has 104 valence electrons. The SMILES string of the molecule is C=C(C)COCCNC(=O)N1CC[C@@H](C)[C@H]1CO. The Morgan fingerprint density at radius 1 is 1.61 bits per heavy atom. The Labute approximate surface area is 109 Å². The molecule has 1 heterocycles. The predicted octanol–water partition coefficient (Wildman–Crippen LogP) is 0.991. The average molecular weight is 256 g/mol. The zero-order valence-electron chi connectivity index (χ0n) is 11.3. The fourth-order valence-corrected chi connectivity index (χ4v) is 2.12. The van der Waals surface area contributed by atoms with Gasteiger partial charge in [-0.3, -0.25) is 0 Å². The van der Waals surface area contributed by atoms with Crippen LogP contribution in [-0.4, -0.2) is 55.0 Å². The van der Waals surface area contributed by atoms with Crippen LogP contribution in [0.5, 0.6) is 0 Å². The number of rotatable bonds is 6. The maximum absolute atomic E-state index is 11.9. The molecule has 1 fully saturated rings. The second-order valence-electron chi connectivity index (χ2n) is 4.95. The van der Waals surface area contributed by atoms with Crippen LogP contribution in [0.4, 0.5) is 4.79 Å². The number of likely N-dealkylation sites (tertiary alicyclic amines) is 1. The highest BCUT2D eigenvalue weighted by atomic mass is 16.5. The van der Waals surface area contributed by atoms with Gasteiger partial charge in [0.15, 0.2) is 0 Å². The minimum Gasteiger partial charge on any atom is -0.394 e. The minimum absolute atomic E-state index is 0.0285. The summed E-state index contributed by atoms with van der Waals surface area (Å²) < 4.78 is 5.30. The summed E-state index contributed by atoms with van der Waals surface area (Å²) in [7, 11) is 0. The van der Waals surface area contributed by atoms with Crippen LogP contribution in [-0.2, 0) is 4.74 Å². The fourth-order valence-electron chi connectivity index (χ4n) is 2.12. The first-order valence-corrected chi connectivity index (χ1v) is 6.43. The Morgan fingerprint density at radius 3 is 2.94 bits per heavy atom. The van der Waals surface area contributed by atoms with Crippen molar-refractivity contribution in [3.63, 3.8) is 0 Å². The number of ether oxygens (including phenoxy) is 1. The Balaban J connectivity index is 2.22.